The second-order valence-electron chi connectivity index (χ2n) is 7.18. The molecule has 0 aliphatic rings. The third-order valence-corrected chi connectivity index (χ3v) is 4.84. The van der Waals surface area contributed by atoms with Crippen molar-refractivity contribution in [2.24, 2.45) is 4.99 Å². The molecule has 0 unspecified atom stereocenters. The van der Waals surface area contributed by atoms with Crippen molar-refractivity contribution in [3.63, 3.8) is 0 Å². The Labute approximate surface area is 188 Å². The van der Waals surface area contributed by atoms with Gasteiger partial charge in [-0.3, -0.25) is 4.99 Å². The largest absolute Gasteiger partial charge is 0.416 e. The SMILES string of the molecule is C=CC=N/C=C\CCn1ccc2c(NC(=O)Nc3cc(C(F)(F)F)ccc3F)ccc(C)c21. The summed E-state index contributed by atoms with van der Waals surface area (Å²) in [7, 11) is 0. The summed E-state index contributed by atoms with van der Waals surface area (Å²) in [6, 6.07) is 6.34. The van der Waals surface area contributed by atoms with Crippen LogP contribution in [0.4, 0.5) is 33.7 Å². The minimum Gasteiger partial charge on any atom is -0.347 e. The number of aryl methyl sites for hydroxylation is 2. The Morgan fingerprint density at radius 3 is 2.64 bits per heavy atom. The van der Waals surface area contributed by atoms with Crippen molar-refractivity contribution in [1.82, 2.24) is 4.57 Å². The van der Waals surface area contributed by atoms with Gasteiger partial charge < -0.3 is 15.2 Å². The summed E-state index contributed by atoms with van der Waals surface area (Å²) < 4.78 is 54.7. The molecule has 1 heterocycles. The van der Waals surface area contributed by atoms with Gasteiger partial charge in [0.2, 0.25) is 0 Å². The molecule has 5 nitrogen and oxygen atoms in total. The Hall–Kier alpha value is -3.88. The number of hydrogen-bond acceptors (Lipinski definition) is 2. The molecule has 2 N–H and O–H groups in total. The monoisotopic (exact) mass is 458 g/mol. The van der Waals surface area contributed by atoms with E-state index in [1.54, 1.807) is 24.6 Å². The molecular weight excluding hydrogens is 436 g/mol. The molecule has 0 radical (unpaired) electrons. The highest BCUT2D eigenvalue weighted by molar-refractivity contribution is 6.06. The number of carbonyl (C=O) groups is 1. The number of aliphatic imine (C=N–C) groups is 1. The summed E-state index contributed by atoms with van der Waals surface area (Å²) in [6.07, 6.45) is 4.72. The molecule has 3 aromatic rings. The zero-order valence-electron chi connectivity index (χ0n) is 17.8. The van der Waals surface area contributed by atoms with Gasteiger partial charge in [0.1, 0.15) is 5.82 Å². The first-order valence-corrected chi connectivity index (χ1v) is 10.0. The highest BCUT2D eigenvalue weighted by Gasteiger charge is 2.31. The number of benzene rings is 2. The molecule has 0 fully saturated rings. The molecule has 0 saturated carbocycles. The standard InChI is InChI=1S/C24H22F4N4O/c1-3-11-29-12-4-5-13-32-14-10-18-20(9-6-16(2)22(18)32)30-23(33)31-21-15-17(24(26,27)28)7-8-19(21)25/h3-4,6-12,14-15H,1,5,13H2,2H3,(H2,30,31,33)/b12-4-,29-11?. The molecule has 2 amide bonds. The van der Waals surface area contributed by atoms with Gasteiger partial charge in [-0.2, -0.15) is 13.2 Å². The lowest BCUT2D eigenvalue weighted by Crippen LogP contribution is -2.21. The maximum atomic E-state index is 14.0. The molecule has 172 valence electrons. The van der Waals surface area contributed by atoms with Crippen molar-refractivity contribution in [3.8, 4) is 0 Å². The quantitative estimate of drug-likeness (QED) is 0.293. The van der Waals surface area contributed by atoms with Crippen molar-refractivity contribution in [1.29, 1.82) is 0 Å². The zero-order valence-corrected chi connectivity index (χ0v) is 17.8. The molecule has 33 heavy (non-hydrogen) atoms. The summed E-state index contributed by atoms with van der Waals surface area (Å²) in [6.45, 7) is 6.16. The van der Waals surface area contributed by atoms with Crippen LogP contribution in [0.5, 0.6) is 0 Å². The number of alkyl halides is 3. The first-order chi connectivity index (χ1) is 15.7. The number of anilines is 2. The van der Waals surface area contributed by atoms with Gasteiger partial charge in [0.25, 0.3) is 0 Å². The minimum absolute atomic E-state index is 0.449. The number of hydrogen-bond donors (Lipinski definition) is 2. The molecule has 3 rings (SSSR count). The average molecular weight is 458 g/mol. The summed E-state index contributed by atoms with van der Waals surface area (Å²) in [5.74, 6) is -0.969. The number of aromatic nitrogens is 1. The van der Waals surface area contributed by atoms with E-state index in [1.165, 1.54) is 0 Å². The summed E-state index contributed by atoms with van der Waals surface area (Å²) >= 11 is 0. The molecule has 0 aliphatic heterocycles. The van der Waals surface area contributed by atoms with Gasteiger partial charge >= 0.3 is 12.2 Å². The third kappa shape index (κ3) is 5.88. The maximum absolute atomic E-state index is 14.0. The average Bonchev–Trinajstić information content (AvgIpc) is 3.18. The fraction of sp³-hybridized carbons (Fsp3) is 0.167. The van der Waals surface area contributed by atoms with Gasteiger partial charge in [0.15, 0.2) is 0 Å². The molecule has 0 atom stereocenters. The van der Waals surface area contributed by atoms with Crippen LogP contribution in [0.2, 0.25) is 0 Å². The molecule has 1 aromatic heterocycles. The van der Waals surface area contributed by atoms with Crippen molar-refractivity contribution in [2.45, 2.75) is 26.1 Å². The molecule has 2 aromatic carbocycles. The van der Waals surface area contributed by atoms with Crippen molar-refractivity contribution >= 4 is 34.5 Å². The normalized spacial score (nSPS) is 12.0. The van der Waals surface area contributed by atoms with Crippen LogP contribution in [-0.2, 0) is 12.7 Å². The number of rotatable bonds is 7. The predicted octanol–water partition coefficient (Wildman–Crippen LogP) is 6.91. The number of nitrogens with zero attached hydrogens (tertiary/aromatic N) is 2. The number of nitrogens with one attached hydrogen (secondary N) is 2. The van der Waals surface area contributed by atoms with Crippen LogP contribution in [0.1, 0.15) is 17.5 Å². The second-order valence-corrected chi connectivity index (χ2v) is 7.18. The van der Waals surface area contributed by atoms with Crippen LogP contribution in [0.3, 0.4) is 0 Å². The van der Waals surface area contributed by atoms with E-state index < -0.39 is 29.3 Å². The van der Waals surface area contributed by atoms with E-state index in [9.17, 15) is 22.4 Å². The van der Waals surface area contributed by atoms with Gasteiger partial charge in [0, 0.05) is 30.5 Å². The van der Waals surface area contributed by atoms with Crippen molar-refractivity contribution in [3.05, 3.63) is 84.5 Å². The predicted molar refractivity (Wildman–Crippen MR) is 123 cm³/mol. The zero-order chi connectivity index (χ0) is 24.0. The lowest BCUT2D eigenvalue weighted by Gasteiger charge is -2.13. The van der Waals surface area contributed by atoms with E-state index in [0.717, 1.165) is 22.9 Å². The van der Waals surface area contributed by atoms with E-state index in [1.807, 2.05) is 35.9 Å². The van der Waals surface area contributed by atoms with E-state index >= 15 is 0 Å². The fourth-order valence-corrected chi connectivity index (χ4v) is 3.33. The van der Waals surface area contributed by atoms with Crippen LogP contribution in [0.15, 0.2) is 72.5 Å². The summed E-state index contributed by atoms with van der Waals surface area (Å²) in [5, 5.41) is 5.50. The Morgan fingerprint density at radius 2 is 1.91 bits per heavy atom. The van der Waals surface area contributed by atoms with E-state index in [4.69, 9.17) is 0 Å². The number of halogens is 4. The van der Waals surface area contributed by atoms with Gasteiger partial charge in [0.05, 0.1) is 22.5 Å². The van der Waals surface area contributed by atoms with Gasteiger partial charge in [-0.1, -0.05) is 24.8 Å². The highest BCUT2D eigenvalue weighted by atomic mass is 19.4. The number of fused-ring (bicyclic) bond motifs is 1. The van der Waals surface area contributed by atoms with Gasteiger partial charge in [-0.25, -0.2) is 9.18 Å². The summed E-state index contributed by atoms with van der Waals surface area (Å²) in [4.78, 5) is 16.4. The number of amides is 2. The van der Waals surface area contributed by atoms with Crippen LogP contribution >= 0.6 is 0 Å². The Bertz CT molecular complexity index is 1230. The highest BCUT2D eigenvalue weighted by Crippen LogP contribution is 2.32. The van der Waals surface area contributed by atoms with E-state index in [0.29, 0.717) is 30.4 Å². The van der Waals surface area contributed by atoms with Gasteiger partial charge in [-0.15, -0.1) is 0 Å². The van der Waals surface area contributed by atoms with Crippen molar-refractivity contribution in [2.75, 3.05) is 10.6 Å². The first kappa shape index (κ1) is 23.8. The molecule has 0 aliphatic carbocycles. The van der Waals surface area contributed by atoms with E-state index in [2.05, 4.69) is 22.2 Å². The van der Waals surface area contributed by atoms with Crippen LogP contribution < -0.4 is 10.6 Å². The Morgan fingerprint density at radius 1 is 1.15 bits per heavy atom. The topological polar surface area (TPSA) is 58.4 Å². The van der Waals surface area contributed by atoms with Gasteiger partial charge in [-0.05, 0) is 49.2 Å². The number of allylic oxidation sites excluding steroid dienone is 2. The third-order valence-electron chi connectivity index (χ3n) is 4.84. The van der Waals surface area contributed by atoms with Crippen molar-refractivity contribution < 1.29 is 22.4 Å². The van der Waals surface area contributed by atoms with Crippen LogP contribution in [0, 0.1) is 12.7 Å². The van der Waals surface area contributed by atoms with Crippen LogP contribution in [-0.4, -0.2) is 16.8 Å². The maximum Gasteiger partial charge on any atom is 0.416 e. The van der Waals surface area contributed by atoms with E-state index in [-0.39, 0.29) is 0 Å². The molecule has 0 saturated heterocycles. The lowest BCUT2D eigenvalue weighted by molar-refractivity contribution is -0.137. The first-order valence-electron chi connectivity index (χ1n) is 10.0. The van der Waals surface area contributed by atoms with Crippen LogP contribution in [0.25, 0.3) is 10.9 Å². The molecule has 9 heteroatoms. The number of carbonyl (C=O) groups excluding carboxylic acids is 1. The second kappa shape index (κ2) is 10.2. The fourth-order valence-electron chi connectivity index (χ4n) is 3.33. The molecular formula is C24H22F4N4O. The number of urea groups is 1. The molecule has 0 bridgehead atoms. The summed E-state index contributed by atoms with van der Waals surface area (Å²) in [5.41, 5.74) is 0.720. The Balaban J connectivity index is 1.77. The Kier molecular flexibility index (Phi) is 7.32. The smallest absolute Gasteiger partial charge is 0.347 e. The minimum atomic E-state index is -4.65. The molecule has 0 spiro atoms. The lowest BCUT2D eigenvalue weighted by atomic mass is 10.1.